The Bertz CT molecular complexity index is 404. The van der Waals surface area contributed by atoms with Crippen LogP contribution < -0.4 is 5.73 Å². The summed E-state index contributed by atoms with van der Waals surface area (Å²) in [7, 11) is 0. The molecule has 2 N–H and O–H groups in total. The van der Waals surface area contributed by atoms with Gasteiger partial charge in [-0.3, -0.25) is 0 Å². The second-order valence-electron chi connectivity index (χ2n) is 2.54. The van der Waals surface area contributed by atoms with Gasteiger partial charge >= 0.3 is 0 Å². The van der Waals surface area contributed by atoms with Crippen LogP contribution in [0.5, 0.6) is 0 Å². The zero-order valence-corrected chi connectivity index (χ0v) is 7.33. The lowest BCUT2D eigenvalue weighted by atomic mass is 10.2. The van der Waals surface area contributed by atoms with Crippen LogP contribution in [0.15, 0.2) is 12.1 Å². The standard InChI is InChI=1S/C10H9N3/c1-8-5-6-10(12)13-9(8)4-2-3-7-11/h5-6H,3H2,1H3,(H2,12,13). The maximum Gasteiger partial charge on any atom is 0.124 e. The van der Waals surface area contributed by atoms with Gasteiger partial charge in [0.15, 0.2) is 0 Å². The molecule has 3 nitrogen and oxygen atoms in total. The van der Waals surface area contributed by atoms with Crippen LogP contribution >= 0.6 is 0 Å². The summed E-state index contributed by atoms with van der Waals surface area (Å²) in [4.78, 5) is 4.04. The van der Waals surface area contributed by atoms with Crippen molar-refractivity contribution in [3.05, 3.63) is 23.4 Å². The number of anilines is 1. The lowest BCUT2D eigenvalue weighted by molar-refractivity contribution is 1.23. The van der Waals surface area contributed by atoms with Gasteiger partial charge in [0.05, 0.1) is 12.5 Å². The summed E-state index contributed by atoms with van der Waals surface area (Å²) in [5, 5.41) is 8.27. The molecule has 0 atom stereocenters. The normalized spacial score (nSPS) is 8.31. The topological polar surface area (TPSA) is 62.7 Å². The SMILES string of the molecule is Cc1ccc(N)nc1C#CCC#N. The Morgan fingerprint density at radius 2 is 2.31 bits per heavy atom. The molecule has 0 aliphatic carbocycles. The molecule has 1 heterocycles. The van der Waals surface area contributed by atoms with Crippen molar-refractivity contribution in [2.45, 2.75) is 13.3 Å². The first kappa shape index (κ1) is 9.09. The fourth-order valence-corrected chi connectivity index (χ4v) is 0.838. The number of hydrogen-bond donors (Lipinski definition) is 1. The van der Waals surface area contributed by atoms with Gasteiger partial charge in [-0.25, -0.2) is 4.98 Å². The molecule has 0 bridgehead atoms. The third-order valence-corrected chi connectivity index (χ3v) is 1.49. The van der Waals surface area contributed by atoms with Gasteiger partial charge in [-0.1, -0.05) is 12.0 Å². The van der Waals surface area contributed by atoms with Crippen molar-refractivity contribution in [3.8, 4) is 17.9 Å². The van der Waals surface area contributed by atoms with Crippen LogP contribution in [-0.2, 0) is 0 Å². The first-order chi connectivity index (χ1) is 6.24. The van der Waals surface area contributed by atoms with E-state index >= 15 is 0 Å². The van der Waals surface area contributed by atoms with Crippen LogP contribution in [0.2, 0.25) is 0 Å². The molecule has 64 valence electrons. The Morgan fingerprint density at radius 3 is 3.00 bits per heavy atom. The molecule has 1 aromatic heterocycles. The maximum atomic E-state index is 8.27. The van der Waals surface area contributed by atoms with Gasteiger partial charge in [-0.05, 0) is 24.5 Å². The molecule has 0 saturated heterocycles. The van der Waals surface area contributed by atoms with Crippen molar-refractivity contribution in [2.75, 3.05) is 5.73 Å². The van der Waals surface area contributed by atoms with Crippen LogP contribution in [0.1, 0.15) is 17.7 Å². The highest BCUT2D eigenvalue weighted by Crippen LogP contribution is 2.05. The van der Waals surface area contributed by atoms with Gasteiger partial charge in [0.2, 0.25) is 0 Å². The molecule has 3 heteroatoms. The Morgan fingerprint density at radius 1 is 1.54 bits per heavy atom. The summed E-state index contributed by atoms with van der Waals surface area (Å²) in [5.74, 6) is 5.93. The monoisotopic (exact) mass is 171 g/mol. The minimum atomic E-state index is 0.218. The van der Waals surface area contributed by atoms with E-state index in [9.17, 15) is 0 Å². The van der Waals surface area contributed by atoms with Gasteiger partial charge in [0.25, 0.3) is 0 Å². The van der Waals surface area contributed by atoms with E-state index in [0.29, 0.717) is 11.5 Å². The molecule has 0 radical (unpaired) electrons. The third-order valence-electron chi connectivity index (χ3n) is 1.49. The van der Waals surface area contributed by atoms with E-state index in [2.05, 4.69) is 16.8 Å². The first-order valence-corrected chi connectivity index (χ1v) is 3.83. The molecule has 0 aromatic carbocycles. The number of pyridine rings is 1. The van der Waals surface area contributed by atoms with Gasteiger partial charge in [-0.2, -0.15) is 5.26 Å². The number of aromatic nitrogens is 1. The largest absolute Gasteiger partial charge is 0.384 e. The summed E-state index contributed by atoms with van der Waals surface area (Å²) < 4.78 is 0. The van der Waals surface area contributed by atoms with Crippen LogP contribution in [0.3, 0.4) is 0 Å². The van der Waals surface area contributed by atoms with Crippen LogP contribution in [0.4, 0.5) is 5.82 Å². The molecule has 0 saturated carbocycles. The fourth-order valence-electron chi connectivity index (χ4n) is 0.838. The average molecular weight is 171 g/mol. The highest BCUT2D eigenvalue weighted by Gasteiger charge is 1.95. The second-order valence-corrected chi connectivity index (χ2v) is 2.54. The summed E-state index contributed by atoms with van der Waals surface area (Å²) in [6, 6.07) is 5.53. The molecule has 0 unspecified atom stereocenters. The van der Waals surface area contributed by atoms with E-state index in [4.69, 9.17) is 11.0 Å². The van der Waals surface area contributed by atoms with E-state index in [1.807, 2.05) is 19.1 Å². The Hall–Kier alpha value is -2.00. The molecular weight excluding hydrogens is 162 g/mol. The van der Waals surface area contributed by atoms with Crippen molar-refractivity contribution in [1.82, 2.24) is 4.98 Å². The van der Waals surface area contributed by atoms with Crippen molar-refractivity contribution in [2.24, 2.45) is 0 Å². The summed E-state index contributed by atoms with van der Waals surface area (Å²) in [6.45, 7) is 1.91. The Labute approximate surface area is 77.2 Å². The number of nitrogens with two attached hydrogens (primary N) is 1. The molecule has 1 aromatic rings. The minimum absolute atomic E-state index is 0.218. The number of hydrogen-bond acceptors (Lipinski definition) is 3. The van der Waals surface area contributed by atoms with Crippen LogP contribution in [-0.4, -0.2) is 4.98 Å². The zero-order valence-electron chi connectivity index (χ0n) is 7.33. The predicted octanol–water partition coefficient (Wildman–Crippen LogP) is 1.24. The summed E-state index contributed by atoms with van der Waals surface area (Å²) in [6.07, 6.45) is 0.218. The molecule has 0 fully saturated rings. The number of rotatable bonds is 0. The van der Waals surface area contributed by atoms with Crippen LogP contribution in [0.25, 0.3) is 0 Å². The minimum Gasteiger partial charge on any atom is -0.384 e. The van der Waals surface area contributed by atoms with Crippen molar-refractivity contribution in [3.63, 3.8) is 0 Å². The van der Waals surface area contributed by atoms with Gasteiger partial charge < -0.3 is 5.73 Å². The predicted molar refractivity (Wildman–Crippen MR) is 50.5 cm³/mol. The molecule has 1 rings (SSSR count). The molecule has 13 heavy (non-hydrogen) atoms. The molecular formula is C10H9N3. The second kappa shape index (κ2) is 4.13. The van der Waals surface area contributed by atoms with E-state index in [0.717, 1.165) is 5.56 Å². The zero-order chi connectivity index (χ0) is 9.68. The van der Waals surface area contributed by atoms with E-state index in [1.54, 1.807) is 6.07 Å². The summed E-state index contributed by atoms with van der Waals surface area (Å²) in [5.41, 5.74) is 7.11. The van der Waals surface area contributed by atoms with E-state index in [-0.39, 0.29) is 6.42 Å². The molecule has 0 aliphatic rings. The van der Waals surface area contributed by atoms with Gasteiger partial charge in [-0.15, -0.1) is 0 Å². The first-order valence-electron chi connectivity index (χ1n) is 3.83. The molecule has 0 aliphatic heterocycles. The van der Waals surface area contributed by atoms with Crippen molar-refractivity contribution in [1.29, 1.82) is 5.26 Å². The molecule has 0 spiro atoms. The number of nitrogen functional groups attached to an aromatic ring is 1. The number of nitrogens with zero attached hydrogens (tertiary/aromatic N) is 2. The van der Waals surface area contributed by atoms with E-state index < -0.39 is 0 Å². The third kappa shape index (κ3) is 2.50. The highest BCUT2D eigenvalue weighted by molar-refractivity contribution is 5.41. The van der Waals surface area contributed by atoms with Crippen molar-refractivity contribution >= 4 is 5.82 Å². The Balaban J connectivity index is 2.97. The smallest absolute Gasteiger partial charge is 0.124 e. The van der Waals surface area contributed by atoms with Crippen molar-refractivity contribution < 1.29 is 0 Å². The van der Waals surface area contributed by atoms with Gasteiger partial charge in [0, 0.05) is 0 Å². The number of aryl methyl sites for hydroxylation is 1. The lowest BCUT2D eigenvalue weighted by Crippen LogP contribution is -1.94. The van der Waals surface area contributed by atoms with Gasteiger partial charge in [0.1, 0.15) is 11.5 Å². The average Bonchev–Trinajstić information content (AvgIpc) is 2.11. The van der Waals surface area contributed by atoms with E-state index in [1.165, 1.54) is 0 Å². The Kier molecular flexibility index (Phi) is 2.89. The maximum absolute atomic E-state index is 8.27. The lowest BCUT2D eigenvalue weighted by Gasteiger charge is -1.97. The van der Waals surface area contributed by atoms with Crippen LogP contribution in [0, 0.1) is 30.1 Å². The quantitative estimate of drug-likeness (QED) is 0.597. The molecule has 0 amide bonds. The number of nitriles is 1. The fraction of sp³-hybridized carbons (Fsp3) is 0.200. The highest BCUT2D eigenvalue weighted by atomic mass is 14.8. The summed E-state index contributed by atoms with van der Waals surface area (Å²) >= 11 is 0.